The predicted octanol–water partition coefficient (Wildman–Crippen LogP) is 5.04. The van der Waals surface area contributed by atoms with Gasteiger partial charge in [0.2, 0.25) is 0 Å². The van der Waals surface area contributed by atoms with Gasteiger partial charge in [-0.15, -0.1) is 0 Å². The fourth-order valence-electron chi connectivity index (χ4n) is 3.07. The molecular formula is C19H19N3. The summed E-state index contributed by atoms with van der Waals surface area (Å²) in [6, 6.07) is 12.3. The smallest absolute Gasteiger partial charge is 0.0981 e. The first kappa shape index (κ1) is 14.3. The van der Waals surface area contributed by atoms with Gasteiger partial charge in [0, 0.05) is 11.8 Å². The number of hydrogen-bond donors (Lipinski definition) is 0. The van der Waals surface area contributed by atoms with E-state index < -0.39 is 0 Å². The molecule has 0 bridgehead atoms. The second-order valence-corrected chi connectivity index (χ2v) is 5.45. The summed E-state index contributed by atoms with van der Waals surface area (Å²) < 4.78 is 0. The molecule has 1 atom stereocenters. The lowest BCUT2D eigenvalue weighted by Gasteiger charge is -2.32. The van der Waals surface area contributed by atoms with Crippen LogP contribution >= 0.6 is 0 Å². The van der Waals surface area contributed by atoms with E-state index in [9.17, 15) is 0 Å². The van der Waals surface area contributed by atoms with Gasteiger partial charge in [-0.25, -0.2) is 0 Å². The molecule has 1 aliphatic rings. The number of anilines is 2. The predicted molar refractivity (Wildman–Crippen MR) is 95.1 cm³/mol. The Morgan fingerprint density at radius 2 is 1.68 bits per heavy atom. The molecule has 3 rings (SSSR count). The number of aryl methyl sites for hydroxylation is 2. The lowest BCUT2D eigenvalue weighted by atomic mass is 9.97. The lowest BCUT2D eigenvalue weighted by molar-refractivity contribution is 0.892. The molecule has 0 fully saturated rings. The SMILES string of the molecule is C=Nc1cccc2c1C(N=C)C=CN2c1c(C)cccc1C. The largest absolute Gasteiger partial charge is 0.316 e. The molecule has 0 aromatic heterocycles. The first-order chi connectivity index (χ1) is 10.7. The molecule has 22 heavy (non-hydrogen) atoms. The average molecular weight is 289 g/mol. The van der Waals surface area contributed by atoms with Crippen molar-refractivity contribution in [3.63, 3.8) is 0 Å². The highest BCUT2D eigenvalue weighted by molar-refractivity contribution is 5.80. The quantitative estimate of drug-likeness (QED) is 0.727. The molecule has 2 aromatic rings. The third kappa shape index (κ3) is 2.15. The maximum Gasteiger partial charge on any atom is 0.0981 e. The molecule has 0 amide bonds. The van der Waals surface area contributed by atoms with Crippen LogP contribution in [-0.2, 0) is 0 Å². The van der Waals surface area contributed by atoms with Crippen molar-refractivity contribution in [2.24, 2.45) is 9.98 Å². The van der Waals surface area contributed by atoms with Crippen LogP contribution < -0.4 is 4.90 Å². The minimum Gasteiger partial charge on any atom is -0.316 e. The number of rotatable bonds is 3. The molecule has 1 heterocycles. The van der Waals surface area contributed by atoms with Crippen molar-refractivity contribution < 1.29 is 0 Å². The molecule has 0 aliphatic carbocycles. The van der Waals surface area contributed by atoms with Gasteiger partial charge in [0.05, 0.1) is 23.1 Å². The zero-order valence-electron chi connectivity index (χ0n) is 13.0. The Labute approximate surface area is 131 Å². The van der Waals surface area contributed by atoms with Crippen LogP contribution in [0.5, 0.6) is 0 Å². The van der Waals surface area contributed by atoms with Crippen LogP contribution in [0.2, 0.25) is 0 Å². The summed E-state index contributed by atoms with van der Waals surface area (Å²) >= 11 is 0. The van der Waals surface area contributed by atoms with Crippen molar-refractivity contribution >= 4 is 30.5 Å². The third-order valence-electron chi connectivity index (χ3n) is 4.08. The van der Waals surface area contributed by atoms with Crippen LogP contribution in [-0.4, -0.2) is 13.4 Å². The summed E-state index contributed by atoms with van der Waals surface area (Å²) in [5.74, 6) is 0. The molecule has 0 N–H and O–H groups in total. The number of aliphatic imine (C=N–C) groups is 2. The Bertz CT molecular complexity index is 754. The van der Waals surface area contributed by atoms with Gasteiger partial charge in [-0.3, -0.25) is 9.98 Å². The van der Waals surface area contributed by atoms with E-state index in [4.69, 9.17) is 0 Å². The number of fused-ring (bicyclic) bond motifs is 1. The normalized spacial score (nSPS) is 16.3. The molecule has 0 saturated heterocycles. The van der Waals surface area contributed by atoms with Gasteiger partial charge < -0.3 is 4.90 Å². The average Bonchev–Trinajstić information content (AvgIpc) is 2.54. The lowest BCUT2D eigenvalue weighted by Crippen LogP contribution is -2.18. The van der Waals surface area contributed by atoms with Gasteiger partial charge >= 0.3 is 0 Å². The van der Waals surface area contributed by atoms with Gasteiger partial charge in [0.25, 0.3) is 0 Å². The van der Waals surface area contributed by atoms with E-state index >= 15 is 0 Å². The van der Waals surface area contributed by atoms with Crippen molar-refractivity contribution in [1.29, 1.82) is 0 Å². The highest BCUT2D eigenvalue weighted by atomic mass is 15.1. The zero-order valence-corrected chi connectivity index (χ0v) is 13.0. The third-order valence-corrected chi connectivity index (χ3v) is 4.08. The maximum atomic E-state index is 4.22. The van der Waals surface area contributed by atoms with Crippen molar-refractivity contribution in [3.8, 4) is 0 Å². The molecule has 1 aliphatic heterocycles. The summed E-state index contributed by atoms with van der Waals surface area (Å²) in [4.78, 5) is 10.6. The second kappa shape index (κ2) is 5.60. The Balaban J connectivity index is 2.26. The molecular weight excluding hydrogens is 270 g/mol. The molecule has 110 valence electrons. The molecule has 3 heteroatoms. The zero-order chi connectivity index (χ0) is 15.7. The van der Waals surface area contributed by atoms with E-state index in [0.717, 1.165) is 16.9 Å². The van der Waals surface area contributed by atoms with E-state index in [1.807, 2.05) is 12.1 Å². The Morgan fingerprint density at radius 3 is 2.32 bits per heavy atom. The van der Waals surface area contributed by atoms with Gasteiger partial charge in [0.1, 0.15) is 0 Å². The molecule has 2 aromatic carbocycles. The van der Waals surface area contributed by atoms with E-state index in [-0.39, 0.29) is 6.04 Å². The minimum absolute atomic E-state index is 0.0859. The molecule has 1 unspecified atom stereocenters. The van der Waals surface area contributed by atoms with Gasteiger partial charge in [-0.2, -0.15) is 0 Å². The minimum atomic E-state index is -0.0859. The molecule has 0 saturated carbocycles. The van der Waals surface area contributed by atoms with Crippen LogP contribution in [0.1, 0.15) is 22.7 Å². The summed E-state index contributed by atoms with van der Waals surface area (Å²) in [5, 5.41) is 0. The topological polar surface area (TPSA) is 28.0 Å². The maximum absolute atomic E-state index is 4.22. The van der Waals surface area contributed by atoms with Gasteiger partial charge in [-0.05, 0) is 56.6 Å². The van der Waals surface area contributed by atoms with Crippen molar-refractivity contribution in [2.45, 2.75) is 19.9 Å². The van der Waals surface area contributed by atoms with Crippen LogP contribution in [0.25, 0.3) is 0 Å². The Kier molecular flexibility index (Phi) is 3.63. The fraction of sp³-hybridized carbons (Fsp3) is 0.158. The van der Waals surface area contributed by atoms with Crippen molar-refractivity contribution in [2.75, 3.05) is 4.90 Å². The number of para-hydroxylation sites is 1. The van der Waals surface area contributed by atoms with Crippen LogP contribution in [0.3, 0.4) is 0 Å². The molecule has 3 nitrogen and oxygen atoms in total. The van der Waals surface area contributed by atoms with Gasteiger partial charge in [0.15, 0.2) is 0 Å². The molecule has 0 spiro atoms. The van der Waals surface area contributed by atoms with Crippen LogP contribution in [0.4, 0.5) is 17.1 Å². The Morgan fingerprint density at radius 1 is 1.00 bits per heavy atom. The summed E-state index contributed by atoms with van der Waals surface area (Å²) in [6.45, 7) is 11.7. The Hall–Kier alpha value is -2.68. The summed E-state index contributed by atoms with van der Waals surface area (Å²) in [6.07, 6.45) is 4.12. The van der Waals surface area contributed by atoms with Crippen LogP contribution in [0, 0.1) is 13.8 Å². The van der Waals surface area contributed by atoms with E-state index in [1.54, 1.807) is 0 Å². The first-order valence-corrected chi connectivity index (χ1v) is 7.26. The molecule has 0 radical (unpaired) electrons. The van der Waals surface area contributed by atoms with E-state index in [0.29, 0.717) is 0 Å². The van der Waals surface area contributed by atoms with Crippen molar-refractivity contribution in [3.05, 3.63) is 65.4 Å². The monoisotopic (exact) mass is 289 g/mol. The highest BCUT2D eigenvalue weighted by Crippen LogP contribution is 2.44. The van der Waals surface area contributed by atoms with Crippen LogP contribution in [0.15, 0.2) is 58.7 Å². The van der Waals surface area contributed by atoms with Crippen molar-refractivity contribution in [1.82, 2.24) is 0 Å². The number of nitrogens with zero attached hydrogens (tertiary/aromatic N) is 3. The van der Waals surface area contributed by atoms with E-state index in [2.05, 4.69) is 78.7 Å². The fourth-order valence-corrected chi connectivity index (χ4v) is 3.07. The standard InChI is InChI=1S/C19H19N3/c1-13-7-5-8-14(2)19(13)22-12-11-16(21-4)18-15(20-3)9-6-10-17(18)22/h5-12,16H,3-4H2,1-2H3. The summed E-state index contributed by atoms with van der Waals surface area (Å²) in [5.41, 5.74) is 6.66. The number of benzene rings is 2. The van der Waals surface area contributed by atoms with E-state index in [1.165, 1.54) is 16.8 Å². The summed E-state index contributed by atoms with van der Waals surface area (Å²) in [7, 11) is 0. The van der Waals surface area contributed by atoms with Gasteiger partial charge in [-0.1, -0.05) is 24.3 Å². The second-order valence-electron chi connectivity index (χ2n) is 5.45. The first-order valence-electron chi connectivity index (χ1n) is 7.26. The number of hydrogen-bond acceptors (Lipinski definition) is 3. The highest BCUT2D eigenvalue weighted by Gasteiger charge is 2.25.